The fourth-order valence-electron chi connectivity index (χ4n) is 1.71. The van der Waals surface area contributed by atoms with Gasteiger partial charge in [0.25, 0.3) is 5.91 Å². The Morgan fingerprint density at radius 2 is 1.48 bits per heavy atom. The Morgan fingerprint density at radius 3 is 1.95 bits per heavy atom. The van der Waals surface area contributed by atoms with Gasteiger partial charge in [0.2, 0.25) is 0 Å². The number of rotatable bonds is 4. The lowest BCUT2D eigenvalue weighted by Crippen LogP contribution is -2.12. The van der Waals surface area contributed by atoms with Gasteiger partial charge in [-0.15, -0.1) is 0 Å². The summed E-state index contributed by atoms with van der Waals surface area (Å²) in [5, 5.41) is 2.69. The van der Waals surface area contributed by atoms with Crippen LogP contribution in [-0.4, -0.2) is 20.6 Å². The average Bonchev–Trinajstić information content (AvgIpc) is 2.47. The molecule has 0 bridgehead atoms. The highest BCUT2D eigenvalue weighted by Crippen LogP contribution is 2.15. The van der Waals surface area contributed by atoms with Crippen LogP contribution < -0.4 is 16.6 Å². The van der Waals surface area contributed by atoms with E-state index >= 15 is 0 Å². The third kappa shape index (κ3) is 3.80. The number of anilines is 2. The van der Waals surface area contributed by atoms with Crippen LogP contribution in [0.5, 0.6) is 0 Å². The van der Waals surface area contributed by atoms with E-state index in [2.05, 4.69) is 10.7 Å². The number of hydrazine groups is 1. The largest absolute Gasteiger partial charge is 0.324 e. The van der Waals surface area contributed by atoms with Gasteiger partial charge in [0.05, 0.1) is 4.90 Å². The number of nitrogen functional groups attached to an aromatic ring is 1. The lowest BCUT2D eigenvalue weighted by atomic mass is 10.2. The first-order chi connectivity index (χ1) is 9.90. The van der Waals surface area contributed by atoms with E-state index in [0.29, 0.717) is 16.9 Å². The molecular formula is C14H15N3O3S. The summed E-state index contributed by atoms with van der Waals surface area (Å²) < 4.78 is 22.7. The Labute approximate surface area is 122 Å². The molecule has 0 fully saturated rings. The number of benzene rings is 2. The molecule has 6 nitrogen and oxygen atoms in total. The maximum Gasteiger partial charge on any atom is 0.255 e. The molecule has 0 saturated heterocycles. The topological polar surface area (TPSA) is 101 Å². The molecule has 2 aromatic rings. The first kappa shape index (κ1) is 15.0. The van der Waals surface area contributed by atoms with Crippen molar-refractivity contribution in [3.63, 3.8) is 0 Å². The first-order valence-corrected chi connectivity index (χ1v) is 7.97. The van der Waals surface area contributed by atoms with E-state index in [1.165, 1.54) is 12.1 Å². The molecule has 0 unspecified atom stereocenters. The van der Waals surface area contributed by atoms with Crippen molar-refractivity contribution < 1.29 is 13.2 Å². The molecule has 0 saturated carbocycles. The highest BCUT2D eigenvalue weighted by Gasteiger charge is 2.09. The number of carbonyl (C=O) groups is 1. The van der Waals surface area contributed by atoms with Gasteiger partial charge in [-0.2, -0.15) is 0 Å². The second-order valence-electron chi connectivity index (χ2n) is 4.47. The zero-order chi connectivity index (χ0) is 15.5. The third-order valence-electron chi connectivity index (χ3n) is 2.85. The van der Waals surface area contributed by atoms with Gasteiger partial charge in [-0.1, -0.05) is 0 Å². The van der Waals surface area contributed by atoms with Crippen LogP contribution in [0.1, 0.15) is 10.4 Å². The van der Waals surface area contributed by atoms with E-state index in [-0.39, 0.29) is 10.8 Å². The number of carbonyl (C=O) groups excluding carboxylic acids is 1. The summed E-state index contributed by atoms with van der Waals surface area (Å²) >= 11 is 0. The minimum Gasteiger partial charge on any atom is -0.324 e. The van der Waals surface area contributed by atoms with Gasteiger partial charge in [0.15, 0.2) is 9.84 Å². The highest BCUT2D eigenvalue weighted by molar-refractivity contribution is 7.90. The summed E-state index contributed by atoms with van der Waals surface area (Å²) in [4.78, 5) is 12.2. The third-order valence-corrected chi connectivity index (χ3v) is 3.98. The Morgan fingerprint density at radius 1 is 0.952 bits per heavy atom. The molecule has 1 amide bonds. The monoisotopic (exact) mass is 305 g/mol. The van der Waals surface area contributed by atoms with Crippen LogP contribution >= 0.6 is 0 Å². The van der Waals surface area contributed by atoms with Gasteiger partial charge in [0, 0.05) is 23.2 Å². The highest BCUT2D eigenvalue weighted by atomic mass is 32.2. The molecule has 4 N–H and O–H groups in total. The van der Waals surface area contributed by atoms with Gasteiger partial charge in [-0.25, -0.2) is 8.42 Å². The predicted molar refractivity (Wildman–Crippen MR) is 81.8 cm³/mol. The molecular weight excluding hydrogens is 290 g/mol. The quantitative estimate of drug-likeness (QED) is 0.588. The van der Waals surface area contributed by atoms with Gasteiger partial charge >= 0.3 is 0 Å². The summed E-state index contributed by atoms with van der Waals surface area (Å²) in [5.74, 6) is 4.96. The van der Waals surface area contributed by atoms with Crippen molar-refractivity contribution in [2.45, 2.75) is 4.90 Å². The molecule has 0 aromatic heterocycles. The molecule has 0 aliphatic carbocycles. The van der Waals surface area contributed by atoms with E-state index < -0.39 is 9.84 Å². The van der Waals surface area contributed by atoms with Crippen LogP contribution in [0.15, 0.2) is 53.4 Å². The number of hydrogen-bond donors (Lipinski definition) is 3. The molecule has 0 atom stereocenters. The Bertz CT molecular complexity index is 738. The maximum absolute atomic E-state index is 12.0. The van der Waals surface area contributed by atoms with Crippen molar-refractivity contribution in [2.24, 2.45) is 5.84 Å². The van der Waals surface area contributed by atoms with E-state index in [4.69, 9.17) is 5.84 Å². The predicted octanol–water partition coefficient (Wildman–Crippen LogP) is 1.63. The van der Waals surface area contributed by atoms with Gasteiger partial charge in [-0.3, -0.25) is 10.6 Å². The normalized spacial score (nSPS) is 11.0. The second-order valence-corrected chi connectivity index (χ2v) is 6.49. The zero-order valence-electron chi connectivity index (χ0n) is 11.3. The molecule has 110 valence electrons. The molecule has 0 heterocycles. The van der Waals surface area contributed by atoms with Gasteiger partial charge < -0.3 is 10.7 Å². The minimum atomic E-state index is -3.24. The number of nitrogens with two attached hydrogens (primary N) is 1. The summed E-state index contributed by atoms with van der Waals surface area (Å²) in [5.41, 5.74) is 4.17. The van der Waals surface area contributed by atoms with E-state index in [9.17, 15) is 13.2 Å². The van der Waals surface area contributed by atoms with Crippen LogP contribution in [0.4, 0.5) is 11.4 Å². The summed E-state index contributed by atoms with van der Waals surface area (Å²) in [6.45, 7) is 0. The fraction of sp³-hybridized carbons (Fsp3) is 0.0714. The number of sulfone groups is 1. The molecule has 0 aliphatic rings. The van der Waals surface area contributed by atoms with E-state index in [0.717, 1.165) is 6.26 Å². The fourth-order valence-corrected chi connectivity index (χ4v) is 2.34. The maximum atomic E-state index is 12.0. The van der Waals surface area contributed by atoms with Crippen molar-refractivity contribution in [1.29, 1.82) is 0 Å². The van der Waals surface area contributed by atoms with Crippen LogP contribution in [0, 0.1) is 0 Å². The van der Waals surface area contributed by atoms with Crippen molar-refractivity contribution in [3.8, 4) is 0 Å². The number of nitrogens with one attached hydrogen (secondary N) is 2. The standard InChI is InChI=1S/C14H15N3O3S/c1-21(19,20)13-8-6-11(7-9-13)16-14(18)10-2-4-12(17-15)5-3-10/h2-9,17H,15H2,1H3,(H,16,18). The van der Waals surface area contributed by atoms with Crippen molar-refractivity contribution in [2.75, 3.05) is 17.0 Å². The molecule has 2 rings (SSSR count). The van der Waals surface area contributed by atoms with Gasteiger partial charge in [0.1, 0.15) is 0 Å². The smallest absolute Gasteiger partial charge is 0.255 e. The Balaban J connectivity index is 2.12. The summed E-state index contributed by atoms with van der Waals surface area (Å²) in [6.07, 6.45) is 1.13. The van der Waals surface area contributed by atoms with Crippen LogP contribution in [-0.2, 0) is 9.84 Å². The second kappa shape index (κ2) is 5.94. The SMILES string of the molecule is CS(=O)(=O)c1ccc(NC(=O)c2ccc(NN)cc2)cc1. The van der Waals surface area contributed by atoms with Crippen molar-refractivity contribution >= 4 is 27.1 Å². The van der Waals surface area contributed by atoms with Gasteiger partial charge in [-0.05, 0) is 48.5 Å². The number of hydrogen-bond acceptors (Lipinski definition) is 5. The van der Waals surface area contributed by atoms with Crippen LogP contribution in [0.25, 0.3) is 0 Å². The molecule has 2 aromatic carbocycles. The first-order valence-electron chi connectivity index (χ1n) is 6.08. The molecule has 21 heavy (non-hydrogen) atoms. The molecule has 7 heteroatoms. The molecule has 0 radical (unpaired) electrons. The van der Waals surface area contributed by atoms with E-state index in [1.807, 2.05) is 0 Å². The van der Waals surface area contributed by atoms with Crippen LogP contribution in [0.3, 0.4) is 0 Å². The van der Waals surface area contributed by atoms with Crippen molar-refractivity contribution in [3.05, 3.63) is 54.1 Å². The van der Waals surface area contributed by atoms with Crippen LogP contribution in [0.2, 0.25) is 0 Å². The lowest BCUT2D eigenvalue weighted by molar-refractivity contribution is 0.102. The Hall–Kier alpha value is -2.38. The Kier molecular flexibility index (Phi) is 4.25. The molecule has 0 aliphatic heterocycles. The average molecular weight is 305 g/mol. The van der Waals surface area contributed by atoms with Crippen molar-refractivity contribution in [1.82, 2.24) is 0 Å². The lowest BCUT2D eigenvalue weighted by Gasteiger charge is -2.07. The summed E-state index contributed by atoms with van der Waals surface area (Å²) in [7, 11) is -3.24. The number of amides is 1. The summed E-state index contributed by atoms with van der Waals surface area (Å²) in [6, 6.07) is 12.6. The van der Waals surface area contributed by atoms with E-state index in [1.54, 1.807) is 36.4 Å². The zero-order valence-corrected chi connectivity index (χ0v) is 12.1. The molecule has 0 spiro atoms. The minimum absolute atomic E-state index is 0.207.